The van der Waals surface area contributed by atoms with Gasteiger partial charge in [0.05, 0.1) is 0 Å². The van der Waals surface area contributed by atoms with Crippen LogP contribution in [0.25, 0.3) is 0 Å². The lowest BCUT2D eigenvalue weighted by molar-refractivity contribution is -0.127. The van der Waals surface area contributed by atoms with Crippen molar-refractivity contribution in [3.63, 3.8) is 0 Å². The minimum absolute atomic E-state index is 0. The number of ether oxygens (including phenoxy) is 1. The second-order valence-corrected chi connectivity index (χ2v) is 5.49. The Morgan fingerprint density at radius 1 is 1.17 bits per heavy atom. The van der Waals surface area contributed by atoms with Crippen LogP contribution in [-0.4, -0.2) is 63.7 Å². The fourth-order valence-electron chi connectivity index (χ4n) is 1.81. The van der Waals surface area contributed by atoms with Gasteiger partial charge in [0.1, 0.15) is 6.54 Å². The fraction of sp³-hybridized carbons (Fsp3) is 0.875. The van der Waals surface area contributed by atoms with E-state index in [0.717, 1.165) is 45.6 Å². The number of carbonyl (C=O) groups is 1. The number of hydrogen-bond acceptors (Lipinski definition) is 3. The normalized spacial score (nSPS) is 11.1. The van der Waals surface area contributed by atoms with Crippen molar-refractivity contribution in [2.24, 2.45) is 10.9 Å². The summed E-state index contributed by atoms with van der Waals surface area (Å²) >= 11 is 0. The highest BCUT2D eigenvalue weighted by Crippen LogP contribution is 2.04. The van der Waals surface area contributed by atoms with Gasteiger partial charge in [-0.05, 0) is 19.3 Å². The molecule has 0 fully saturated rings. The molecule has 0 spiro atoms. The fourth-order valence-corrected chi connectivity index (χ4v) is 1.81. The zero-order valence-corrected chi connectivity index (χ0v) is 17.7. The molecule has 1 amide bonds. The summed E-state index contributed by atoms with van der Waals surface area (Å²) in [5, 5.41) is 6.60. The Morgan fingerprint density at radius 2 is 1.83 bits per heavy atom. The third-order valence-corrected chi connectivity index (χ3v) is 3.55. The van der Waals surface area contributed by atoms with Gasteiger partial charge in [0.2, 0.25) is 5.91 Å². The van der Waals surface area contributed by atoms with E-state index in [-0.39, 0.29) is 36.4 Å². The van der Waals surface area contributed by atoms with Crippen LogP contribution in [0.4, 0.5) is 0 Å². The summed E-state index contributed by atoms with van der Waals surface area (Å²) < 4.78 is 5.32. The molecule has 23 heavy (non-hydrogen) atoms. The van der Waals surface area contributed by atoms with Crippen molar-refractivity contribution in [2.45, 2.75) is 40.0 Å². The molecule has 0 heterocycles. The zero-order chi connectivity index (χ0) is 16.8. The second kappa shape index (κ2) is 16.3. The summed E-state index contributed by atoms with van der Waals surface area (Å²) in [4.78, 5) is 17.6. The number of guanidine groups is 1. The predicted molar refractivity (Wildman–Crippen MR) is 108 cm³/mol. The van der Waals surface area contributed by atoms with Crippen molar-refractivity contribution in [1.82, 2.24) is 15.5 Å². The number of nitrogens with zero attached hydrogens (tertiary/aromatic N) is 2. The molecule has 0 aliphatic carbocycles. The van der Waals surface area contributed by atoms with Gasteiger partial charge in [0.25, 0.3) is 0 Å². The van der Waals surface area contributed by atoms with Crippen molar-refractivity contribution < 1.29 is 9.53 Å². The van der Waals surface area contributed by atoms with Crippen LogP contribution in [0.5, 0.6) is 0 Å². The summed E-state index contributed by atoms with van der Waals surface area (Å²) in [6, 6.07) is 0. The Balaban J connectivity index is 0. The predicted octanol–water partition coefficient (Wildman–Crippen LogP) is 2.09. The van der Waals surface area contributed by atoms with Gasteiger partial charge < -0.3 is 20.3 Å². The number of halogens is 1. The molecule has 0 aromatic carbocycles. The van der Waals surface area contributed by atoms with Gasteiger partial charge in [-0.1, -0.05) is 26.7 Å². The van der Waals surface area contributed by atoms with Gasteiger partial charge in [0, 0.05) is 40.4 Å². The third-order valence-electron chi connectivity index (χ3n) is 3.55. The molecule has 0 saturated carbocycles. The Morgan fingerprint density at radius 3 is 2.35 bits per heavy atom. The van der Waals surface area contributed by atoms with Gasteiger partial charge in [-0.15, -0.1) is 24.0 Å². The summed E-state index contributed by atoms with van der Waals surface area (Å²) in [6.45, 7) is 9.67. The van der Waals surface area contributed by atoms with Crippen LogP contribution >= 0.6 is 24.0 Å². The molecular formula is C16H35IN4O2. The van der Waals surface area contributed by atoms with E-state index in [1.807, 2.05) is 6.92 Å². The number of hydrogen-bond donors (Lipinski definition) is 2. The Hall–Kier alpha value is -0.570. The van der Waals surface area contributed by atoms with Gasteiger partial charge in [0.15, 0.2) is 5.96 Å². The standard InChI is InChI=1S/C16H34N4O2.HI/c1-6-14(7-2)12-18-16(17-10-9-11-22-8-3)19-13-15(21)20(4)5;/h14H,6-13H2,1-5H3,(H2,17,18,19);1H. The molecule has 0 aliphatic rings. The number of carbonyl (C=O) groups excluding carboxylic acids is 1. The number of rotatable bonds is 11. The summed E-state index contributed by atoms with van der Waals surface area (Å²) in [5.41, 5.74) is 0. The summed E-state index contributed by atoms with van der Waals surface area (Å²) in [7, 11) is 3.48. The molecular weight excluding hydrogens is 407 g/mol. The highest BCUT2D eigenvalue weighted by Gasteiger charge is 2.07. The van der Waals surface area contributed by atoms with Gasteiger partial charge in [-0.2, -0.15) is 0 Å². The molecule has 0 bridgehead atoms. The van der Waals surface area contributed by atoms with Crippen molar-refractivity contribution in [3.8, 4) is 0 Å². The van der Waals surface area contributed by atoms with E-state index in [1.54, 1.807) is 19.0 Å². The number of aliphatic imine (C=N–C) groups is 1. The number of amides is 1. The van der Waals surface area contributed by atoms with E-state index in [1.165, 1.54) is 0 Å². The van der Waals surface area contributed by atoms with E-state index < -0.39 is 0 Å². The van der Waals surface area contributed by atoms with Gasteiger partial charge in [-0.3, -0.25) is 4.79 Å². The van der Waals surface area contributed by atoms with Crippen LogP contribution in [0.15, 0.2) is 4.99 Å². The zero-order valence-electron chi connectivity index (χ0n) is 15.4. The Kier molecular flexibility index (Phi) is 17.5. The highest BCUT2D eigenvalue weighted by molar-refractivity contribution is 14.0. The molecule has 2 N–H and O–H groups in total. The molecule has 0 radical (unpaired) electrons. The molecule has 0 rings (SSSR count). The maximum Gasteiger partial charge on any atom is 0.243 e. The first-order chi connectivity index (χ1) is 10.5. The van der Waals surface area contributed by atoms with E-state index >= 15 is 0 Å². The van der Waals surface area contributed by atoms with Crippen LogP contribution in [0.2, 0.25) is 0 Å². The van der Waals surface area contributed by atoms with E-state index in [9.17, 15) is 4.79 Å². The molecule has 0 aliphatic heterocycles. The lowest BCUT2D eigenvalue weighted by Crippen LogP contribution is -2.41. The molecule has 138 valence electrons. The first-order valence-electron chi connectivity index (χ1n) is 8.35. The largest absolute Gasteiger partial charge is 0.382 e. The quantitative estimate of drug-likeness (QED) is 0.223. The highest BCUT2D eigenvalue weighted by atomic mass is 127. The average Bonchev–Trinajstić information content (AvgIpc) is 2.51. The maximum atomic E-state index is 11.7. The Labute approximate surface area is 158 Å². The van der Waals surface area contributed by atoms with E-state index in [4.69, 9.17) is 4.74 Å². The average molecular weight is 442 g/mol. The molecule has 6 nitrogen and oxygen atoms in total. The third kappa shape index (κ3) is 13.6. The molecule has 0 saturated heterocycles. The first-order valence-corrected chi connectivity index (χ1v) is 8.35. The number of nitrogens with one attached hydrogen (secondary N) is 2. The second-order valence-electron chi connectivity index (χ2n) is 5.49. The maximum absolute atomic E-state index is 11.7. The van der Waals surface area contributed by atoms with Crippen molar-refractivity contribution in [3.05, 3.63) is 0 Å². The lowest BCUT2D eigenvalue weighted by atomic mass is 10.0. The molecule has 7 heteroatoms. The van der Waals surface area contributed by atoms with Crippen LogP contribution in [0.1, 0.15) is 40.0 Å². The summed E-state index contributed by atoms with van der Waals surface area (Å²) in [5.74, 6) is 1.33. The minimum Gasteiger partial charge on any atom is -0.382 e. The van der Waals surface area contributed by atoms with E-state index in [2.05, 4.69) is 29.5 Å². The van der Waals surface area contributed by atoms with Crippen LogP contribution in [-0.2, 0) is 9.53 Å². The minimum atomic E-state index is -0.00190. The monoisotopic (exact) mass is 442 g/mol. The van der Waals surface area contributed by atoms with E-state index in [0.29, 0.717) is 11.9 Å². The van der Waals surface area contributed by atoms with Crippen molar-refractivity contribution >= 4 is 35.8 Å². The topological polar surface area (TPSA) is 66.0 Å². The smallest absolute Gasteiger partial charge is 0.243 e. The number of likely N-dealkylation sites (N-methyl/N-ethyl adjacent to an activating group) is 1. The summed E-state index contributed by atoms with van der Waals surface area (Å²) in [6.07, 6.45) is 3.19. The molecule has 0 unspecified atom stereocenters. The van der Waals surface area contributed by atoms with Crippen LogP contribution in [0, 0.1) is 5.92 Å². The van der Waals surface area contributed by atoms with Crippen LogP contribution in [0.3, 0.4) is 0 Å². The SMILES string of the molecule is CCOCCCNC(=NCC(=O)N(C)C)NCC(CC)CC.I. The lowest BCUT2D eigenvalue weighted by Gasteiger charge is -2.17. The molecule has 0 aromatic heterocycles. The first kappa shape index (κ1) is 24.7. The van der Waals surface area contributed by atoms with Gasteiger partial charge in [-0.25, -0.2) is 4.99 Å². The van der Waals surface area contributed by atoms with Gasteiger partial charge >= 0.3 is 0 Å². The molecule has 0 aromatic rings. The van der Waals surface area contributed by atoms with Crippen molar-refractivity contribution in [1.29, 1.82) is 0 Å². The molecule has 0 atom stereocenters. The van der Waals surface area contributed by atoms with Crippen LogP contribution < -0.4 is 10.6 Å². The van der Waals surface area contributed by atoms with Crippen molar-refractivity contribution in [2.75, 3.05) is 46.9 Å². The Bertz CT molecular complexity index is 321.